The van der Waals surface area contributed by atoms with E-state index in [-0.39, 0.29) is 11.7 Å². The molecule has 70 valence electrons. The highest BCUT2D eigenvalue weighted by atomic mass is 16.6. The maximum absolute atomic E-state index is 10.4. The van der Waals surface area contributed by atoms with E-state index in [0.29, 0.717) is 6.42 Å². The van der Waals surface area contributed by atoms with Crippen LogP contribution in [0.15, 0.2) is 24.3 Å². The molecule has 4 nitrogen and oxygen atoms in total. The monoisotopic (exact) mass is 180 g/mol. The maximum atomic E-state index is 10.4. The molecule has 0 aliphatic rings. The van der Waals surface area contributed by atoms with Crippen LogP contribution in [-0.2, 0) is 6.42 Å². The number of nitrogens with zero attached hydrogens (tertiary/aromatic N) is 1. The van der Waals surface area contributed by atoms with Gasteiger partial charge in [-0.15, -0.1) is 0 Å². The summed E-state index contributed by atoms with van der Waals surface area (Å²) >= 11 is 0. The zero-order valence-corrected chi connectivity index (χ0v) is 7.43. The van der Waals surface area contributed by atoms with E-state index in [1.807, 2.05) is 13.0 Å². The van der Waals surface area contributed by atoms with Crippen LogP contribution in [0.1, 0.15) is 12.5 Å². The van der Waals surface area contributed by atoms with Crippen LogP contribution in [0.2, 0.25) is 0 Å². The third-order valence-corrected chi connectivity index (χ3v) is 1.68. The molecule has 0 saturated carbocycles. The Hall–Kier alpha value is -1.42. The zero-order valence-electron chi connectivity index (χ0n) is 7.43. The molecule has 0 spiro atoms. The molecule has 0 fully saturated rings. The lowest BCUT2D eigenvalue weighted by atomic mass is 10.1. The van der Waals surface area contributed by atoms with E-state index < -0.39 is 4.92 Å². The van der Waals surface area contributed by atoms with Gasteiger partial charge in [-0.05, 0) is 18.9 Å². The second-order valence-corrected chi connectivity index (χ2v) is 3.11. The summed E-state index contributed by atoms with van der Waals surface area (Å²) in [5.41, 5.74) is 6.61. The number of nitrogens with two attached hydrogens (primary N) is 1. The van der Waals surface area contributed by atoms with Crippen molar-refractivity contribution in [2.75, 3.05) is 0 Å². The Bertz CT molecular complexity index is 310. The van der Waals surface area contributed by atoms with Crippen molar-refractivity contribution >= 4 is 5.69 Å². The van der Waals surface area contributed by atoms with Gasteiger partial charge in [0, 0.05) is 18.2 Å². The molecule has 13 heavy (non-hydrogen) atoms. The standard InChI is InChI=1S/C9H12N2O2/c1-7(10)5-8-3-2-4-9(6-8)11(12)13/h2-4,6-7H,5,10H2,1H3/t7-/m1/s1. The SMILES string of the molecule is C[C@@H](N)Cc1cccc([N+](=O)[O-])c1. The Morgan fingerprint density at radius 2 is 2.31 bits per heavy atom. The fourth-order valence-electron chi connectivity index (χ4n) is 1.17. The number of nitro groups is 1. The van der Waals surface area contributed by atoms with Gasteiger partial charge >= 0.3 is 0 Å². The van der Waals surface area contributed by atoms with Crippen molar-refractivity contribution in [2.45, 2.75) is 19.4 Å². The summed E-state index contributed by atoms with van der Waals surface area (Å²) in [4.78, 5) is 10.0. The van der Waals surface area contributed by atoms with Gasteiger partial charge in [-0.1, -0.05) is 12.1 Å². The molecule has 2 N–H and O–H groups in total. The summed E-state index contributed by atoms with van der Waals surface area (Å²) in [6, 6.07) is 6.59. The number of hydrogen-bond donors (Lipinski definition) is 1. The summed E-state index contributed by atoms with van der Waals surface area (Å²) in [5, 5.41) is 10.4. The molecule has 0 bridgehead atoms. The van der Waals surface area contributed by atoms with Crippen LogP contribution in [0.25, 0.3) is 0 Å². The minimum Gasteiger partial charge on any atom is -0.328 e. The lowest BCUT2D eigenvalue weighted by Gasteiger charge is -2.03. The second kappa shape index (κ2) is 4.00. The van der Waals surface area contributed by atoms with Crippen molar-refractivity contribution in [3.63, 3.8) is 0 Å². The summed E-state index contributed by atoms with van der Waals surface area (Å²) in [5.74, 6) is 0. The first-order chi connectivity index (χ1) is 6.09. The van der Waals surface area contributed by atoms with Crippen LogP contribution in [-0.4, -0.2) is 11.0 Å². The van der Waals surface area contributed by atoms with Crippen LogP contribution in [0.5, 0.6) is 0 Å². The van der Waals surface area contributed by atoms with E-state index in [9.17, 15) is 10.1 Å². The first-order valence-corrected chi connectivity index (χ1v) is 4.08. The molecule has 1 aromatic rings. The molecule has 0 saturated heterocycles. The molecular formula is C9H12N2O2. The minimum absolute atomic E-state index is 0.0296. The van der Waals surface area contributed by atoms with Gasteiger partial charge in [0.25, 0.3) is 5.69 Å². The Kier molecular flexibility index (Phi) is 2.97. The fraction of sp³-hybridized carbons (Fsp3) is 0.333. The van der Waals surface area contributed by atoms with Gasteiger partial charge in [-0.2, -0.15) is 0 Å². The lowest BCUT2D eigenvalue weighted by Crippen LogP contribution is -2.17. The number of benzene rings is 1. The number of non-ortho nitro benzene ring substituents is 1. The highest BCUT2D eigenvalue weighted by molar-refractivity contribution is 5.34. The van der Waals surface area contributed by atoms with Gasteiger partial charge in [0.2, 0.25) is 0 Å². The van der Waals surface area contributed by atoms with E-state index >= 15 is 0 Å². The normalized spacial score (nSPS) is 12.5. The highest BCUT2D eigenvalue weighted by Gasteiger charge is 2.06. The fourth-order valence-corrected chi connectivity index (χ4v) is 1.17. The molecule has 0 aromatic heterocycles. The highest BCUT2D eigenvalue weighted by Crippen LogP contribution is 2.13. The number of nitro benzene ring substituents is 1. The van der Waals surface area contributed by atoms with Crippen LogP contribution in [0.3, 0.4) is 0 Å². The van der Waals surface area contributed by atoms with E-state index in [0.717, 1.165) is 5.56 Å². The smallest absolute Gasteiger partial charge is 0.269 e. The molecule has 4 heteroatoms. The van der Waals surface area contributed by atoms with Crippen LogP contribution < -0.4 is 5.73 Å². The van der Waals surface area contributed by atoms with E-state index in [4.69, 9.17) is 5.73 Å². The van der Waals surface area contributed by atoms with Crippen molar-refractivity contribution in [1.82, 2.24) is 0 Å². The maximum Gasteiger partial charge on any atom is 0.269 e. The van der Waals surface area contributed by atoms with Crippen LogP contribution in [0, 0.1) is 10.1 Å². The first-order valence-electron chi connectivity index (χ1n) is 4.08. The summed E-state index contributed by atoms with van der Waals surface area (Å²) < 4.78 is 0. The van der Waals surface area contributed by atoms with Gasteiger partial charge in [-0.25, -0.2) is 0 Å². The molecule has 1 atom stereocenters. The molecule has 0 unspecified atom stereocenters. The van der Waals surface area contributed by atoms with Gasteiger partial charge in [-0.3, -0.25) is 10.1 Å². The quantitative estimate of drug-likeness (QED) is 0.565. The molecule has 0 aliphatic carbocycles. The summed E-state index contributed by atoms with van der Waals surface area (Å²) in [6.07, 6.45) is 0.668. The summed E-state index contributed by atoms with van der Waals surface area (Å²) in [7, 11) is 0. The molecule has 0 radical (unpaired) electrons. The first kappa shape index (κ1) is 9.67. The molecule has 1 aromatic carbocycles. The average Bonchev–Trinajstić information content (AvgIpc) is 2.03. The van der Waals surface area contributed by atoms with Gasteiger partial charge in [0.15, 0.2) is 0 Å². The lowest BCUT2D eigenvalue weighted by molar-refractivity contribution is -0.384. The van der Waals surface area contributed by atoms with Gasteiger partial charge in [0.05, 0.1) is 4.92 Å². The third kappa shape index (κ3) is 2.83. The summed E-state index contributed by atoms with van der Waals surface area (Å²) in [6.45, 7) is 1.87. The Morgan fingerprint density at radius 1 is 1.62 bits per heavy atom. The molecule has 0 aliphatic heterocycles. The van der Waals surface area contributed by atoms with E-state index in [1.165, 1.54) is 6.07 Å². The zero-order chi connectivity index (χ0) is 9.84. The van der Waals surface area contributed by atoms with E-state index in [1.54, 1.807) is 12.1 Å². The van der Waals surface area contributed by atoms with Gasteiger partial charge < -0.3 is 5.73 Å². The molecule has 1 rings (SSSR count). The molecular weight excluding hydrogens is 168 g/mol. The third-order valence-electron chi connectivity index (χ3n) is 1.68. The van der Waals surface area contributed by atoms with Gasteiger partial charge in [0.1, 0.15) is 0 Å². The minimum atomic E-state index is -0.398. The van der Waals surface area contributed by atoms with Crippen LogP contribution in [0.4, 0.5) is 5.69 Å². The molecule has 0 heterocycles. The average molecular weight is 180 g/mol. The Labute approximate surface area is 76.5 Å². The van der Waals surface area contributed by atoms with Crippen molar-refractivity contribution in [3.8, 4) is 0 Å². The topological polar surface area (TPSA) is 69.2 Å². The Balaban J connectivity index is 2.85. The van der Waals surface area contributed by atoms with Crippen molar-refractivity contribution in [1.29, 1.82) is 0 Å². The van der Waals surface area contributed by atoms with Crippen LogP contribution >= 0.6 is 0 Å². The second-order valence-electron chi connectivity index (χ2n) is 3.11. The largest absolute Gasteiger partial charge is 0.328 e. The van der Waals surface area contributed by atoms with E-state index in [2.05, 4.69) is 0 Å². The number of rotatable bonds is 3. The Morgan fingerprint density at radius 3 is 2.85 bits per heavy atom. The predicted octanol–water partition coefficient (Wildman–Crippen LogP) is 1.48. The van der Waals surface area contributed by atoms with Crippen molar-refractivity contribution in [2.24, 2.45) is 5.73 Å². The number of hydrogen-bond acceptors (Lipinski definition) is 3. The van der Waals surface area contributed by atoms with Crippen molar-refractivity contribution in [3.05, 3.63) is 39.9 Å². The van der Waals surface area contributed by atoms with Crippen molar-refractivity contribution < 1.29 is 4.92 Å². The molecule has 0 amide bonds. The predicted molar refractivity (Wildman–Crippen MR) is 50.4 cm³/mol.